The lowest BCUT2D eigenvalue weighted by Crippen LogP contribution is -2.24. The standard InChI is InChI=1S/C14H21N.H2/c1-4-14(2,3)13-6-5-12-10-15-8-7-11(12)9-13;/h5-6,9,15H,4,7-8,10H2,1-3H3;1H. The highest BCUT2D eigenvalue weighted by Crippen LogP contribution is 2.29. The van der Waals surface area contributed by atoms with Crippen LogP contribution in [-0.2, 0) is 18.4 Å². The third-order valence-corrected chi connectivity index (χ3v) is 3.76. The van der Waals surface area contributed by atoms with Crippen molar-refractivity contribution >= 4 is 0 Å². The number of hydrogen-bond donors (Lipinski definition) is 1. The van der Waals surface area contributed by atoms with Crippen LogP contribution in [0.2, 0.25) is 0 Å². The predicted molar refractivity (Wildman–Crippen MR) is 67.3 cm³/mol. The molecule has 0 saturated carbocycles. The molecule has 2 rings (SSSR count). The van der Waals surface area contributed by atoms with Gasteiger partial charge in [-0.1, -0.05) is 39.0 Å². The normalized spacial score (nSPS) is 16.2. The fourth-order valence-corrected chi connectivity index (χ4v) is 2.10. The fraction of sp³-hybridized carbons (Fsp3) is 0.571. The van der Waals surface area contributed by atoms with Crippen molar-refractivity contribution in [2.24, 2.45) is 0 Å². The van der Waals surface area contributed by atoms with Crippen LogP contribution in [0.5, 0.6) is 0 Å². The van der Waals surface area contributed by atoms with E-state index in [9.17, 15) is 0 Å². The number of nitrogens with one attached hydrogen (secondary N) is 1. The van der Waals surface area contributed by atoms with Crippen molar-refractivity contribution < 1.29 is 1.43 Å². The minimum atomic E-state index is 0. The Bertz CT molecular complexity index is 358. The number of rotatable bonds is 2. The quantitative estimate of drug-likeness (QED) is 0.781. The van der Waals surface area contributed by atoms with Crippen molar-refractivity contribution in [1.82, 2.24) is 5.32 Å². The summed E-state index contributed by atoms with van der Waals surface area (Å²) in [5.74, 6) is 0. The van der Waals surface area contributed by atoms with Gasteiger partial charge in [-0.25, -0.2) is 0 Å². The van der Waals surface area contributed by atoms with E-state index in [0.29, 0.717) is 5.41 Å². The molecule has 0 bridgehead atoms. The van der Waals surface area contributed by atoms with Gasteiger partial charge in [0, 0.05) is 7.97 Å². The molecule has 1 N–H and O–H groups in total. The summed E-state index contributed by atoms with van der Waals surface area (Å²) in [5.41, 5.74) is 4.84. The van der Waals surface area contributed by atoms with Gasteiger partial charge < -0.3 is 5.32 Å². The van der Waals surface area contributed by atoms with Gasteiger partial charge in [0.15, 0.2) is 0 Å². The molecule has 0 aromatic heterocycles. The van der Waals surface area contributed by atoms with E-state index in [1.165, 1.54) is 24.0 Å². The van der Waals surface area contributed by atoms with Crippen LogP contribution in [-0.4, -0.2) is 6.54 Å². The monoisotopic (exact) mass is 205 g/mol. The first-order valence-corrected chi connectivity index (χ1v) is 5.96. The lowest BCUT2D eigenvalue weighted by molar-refractivity contribution is 0.504. The zero-order chi connectivity index (χ0) is 10.9. The van der Waals surface area contributed by atoms with Gasteiger partial charge in [0.05, 0.1) is 0 Å². The molecule has 1 heteroatoms. The molecule has 0 unspecified atom stereocenters. The Hall–Kier alpha value is -0.820. The first-order chi connectivity index (χ1) is 7.13. The topological polar surface area (TPSA) is 12.0 Å². The molecule has 1 aliphatic heterocycles. The van der Waals surface area contributed by atoms with Crippen LogP contribution in [0.25, 0.3) is 0 Å². The molecule has 1 aliphatic rings. The predicted octanol–water partition coefficient (Wildman–Crippen LogP) is 3.27. The fourth-order valence-electron chi connectivity index (χ4n) is 2.10. The van der Waals surface area contributed by atoms with E-state index in [-0.39, 0.29) is 1.43 Å². The summed E-state index contributed by atoms with van der Waals surface area (Å²) in [6, 6.07) is 7.02. The number of benzene rings is 1. The molecule has 0 spiro atoms. The molecule has 0 atom stereocenters. The molecular weight excluding hydrogens is 182 g/mol. The van der Waals surface area contributed by atoms with Gasteiger partial charge in [0.2, 0.25) is 0 Å². The van der Waals surface area contributed by atoms with Crippen molar-refractivity contribution in [3.05, 3.63) is 34.9 Å². The molecule has 1 heterocycles. The van der Waals surface area contributed by atoms with Gasteiger partial charge >= 0.3 is 0 Å². The minimum absolute atomic E-state index is 0. The van der Waals surface area contributed by atoms with Gasteiger partial charge in [-0.05, 0) is 41.5 Å². The van der Waals surface area contributed by atoms with Gasteiger partial charge in [-0.3, -0.25) is 0 Å². The SMILES string of the molecule is CCC(C)(C)c1ccc2c(c1)CCNC2.[HH]. The highest BCUT2D eigenvalue weighted by molar-refractivity contribution is 5.36. The van der Waals surface area contributed by atoms with Gasteiger partial charge in [0.25, 0.3) is 0 Å². The Balaban J connectivity index is 0.00000128. The Labute approximate surface area is 94.4 Å². The molecule has 0 amide bonds. The second-order valence-corrected chi connectivity index (χ2v) is 5.15. The minimum Gasteiger partial charge on any atom is -0.312 e. The van der Waals surface area contributed by atoms with Gasteiger partial charge in [-0.2, -0.15) is 0 Å². The highest BCUT2D eigenvalue weighted by atomic mass is 14.9. The molecule has 0 fully saturated rings. The van der Waals surface area contributed by atoms with Crippen LogP contribution in [0.15, 0.2) is 18.2 Å². The maximum absolute atomic E-state index is 3.41. The largest absolute Gasteiger partial charge is 0.312 e. The molecule has 1 aromatic rings. The third kappa shape index (κ3) is 2.07. The van der Waals surface area contributed by atoms with E-state index in [4.69, 9.17) is 0 Å². The number of hydrogen-bond acceptors (Lipinski definition) is 1. The van der Waals surface area contributed by atoms with E-state index in [1.54, 1.807) is 5.56 Å². The second kappa shape index (κ2) is 3.97. The average Bonchev–Trinajstić information content (AvgIpc) is 2.28. The molecule has 1 aromatic carbocycles. The molecule has 0 radical (unpaired) electrons. The average molecular weight is 205 g/mol. The summed E-state index contributed by atoms with van der Waals surface area (Å²) in [7, 11) is 0. The Morgan fingerprint density at radius 3 is 2.87 bits per heavy atom. The van der Waals surface area contributed by atoms with E-state index in [0.717, 1.165) is 13.1 Å². The van der Waals surface area contributed by atoms with E-state index >= 15 is 0 Å². The molecule has 0 saturated heterocycles. The van der Waals surface area contributed by atoms with E-state index < -0.39 is 0 Å². The maximum atomic E-state index is 3.41. The van der Waals surface area contributed by atoms with Gasteiger partial charge in [0.1, 0.15) is 0 Å². The Morgan fingerprint density at radius 2 is 2.13 bits per heavy atom. The second-order valence-electron chi connectivity index (χ2n) is 5.15. The summed E-state index contributed by atoms with van der Waals surface area (Å²) < 4.78 is 0. The van der Waals surface area contributed by atoms with Crippen molar-refractivity contribution in [3.63, 3.8) is 0 Å². The highest BCUT2D eigenvalue weighted by Gasteiger charge is 2.19. The van der Waals surface area contributed by atoms with Crippen molar-refractivity contribution in [2.75, 3.05) is 6.54 Å². The lowest BCUT2D eigenvalue weighted by atomic mass is 9.80. The van der Waals surface area contributed by atoms with Crippen molar-refractivity contribution in [1.29, 1.82) is 0 Å². The van der Waals surface area contributed by atoms with Crippen LogP contribution in [0.4, 0.5) is 0 Å². The summed E-state index contributed by atoms with van der Waals surface area (Å²) in [6.45, 7) is 9.10. The van der Waals surface area contributed by atoms with E-state index in [1.807, 2.05) is 0 Å². The van der Waals surface area contributed by atoms with Crippen molar-refractivity contribution in [3.8, 4) is 0 Å². The molecule has 84 valence electrons. The molecule has 0 aliphatic carbocycles. The zero-order valence-electron chi connectivity index (χ0n) is 10.1. The molecular formula is C14H23N. The van der Waals surface area contributed by atoms with Crippen LogP contribution >= 0.6 is 0 Å². The summed E-state index contributed by atoms with van der Waals surface area (Å²) in [6.07, 6.45) is 2.38. The summed E-state index contributed by atoms with van der Waals surface area (Å²) in [4.78, 5) is 0. The van der Waals surface area contributed by atoms with Crippen LogP contribution in [0, 0.1) is 0 Å². The van der Waals surface area contributed by atoms with Crippen LogP contribution in [0.3, 0.4) is 0 Å². The molecule has 1 nitrogen and oxygen atoms in total. The van der Waals surface area contributed by atoms with Gasteiger partial charge in [-0.15, -0.1) is 0 Å². The summed E-state index contributed by atoms with van der Waals surface area (Å²) >= 11 is 0. The first-order valence-electron chi connectivity index (χ1n) is 5.96. The van der Waals surface area contributed by atoms with Crippen LogP contribution < -0.4 is 5.32 Å². The lowest BCUT2D eigenvalue weighted by Gasteiger charge is -2.26. The molecule has 15 heavy (non-hydrogen) atoms. The van der Waals surface area contributed by atoms with Crippen LogP contribution in [0.1, 0.15) is 45.3 Å². The Morgan fingerprint density at radius 1 is 1.33 bits per heavy atom. The van der Waals surface area contributed by atoms with Crippen molar-refractivity contribution in [2.45, 2.75) is 45.6 Å². The van der Waals surface area contributed by atoms with E-state index in [2.05, 4.69) is 44.3 Å². The number of fused-ring (bicyclic) bond motifs is 1. The smallest absolute Gasteiger partial charge is 0.0208 e. The summed E-state index contributed by atoms with van der Waals surface area (Å²) in [5, 5.41) is 3.41. The zero-order valence-corrected chi connectivity index (χ0v) is 10.1. The third-order valence-electron chi connectivity index (χ3n) is 3.76. The maximum Gasteiger partial charge on any atom is 0.0208 e. The first kappa shape index (κ1) is 10.7. The Kier molecular flexibility index (Phi) is 2.83.